The van der Waals surface area contributed by atoms with Gasteiger partial charge in [-0.3, -0.25) is 0 Å². The van der Waals surface area contributed by atoms with Gasteiger partial charge in [-0.15, -0.1) is 0 Å². The second kappa shape index (κ2) is 5.82. The molecule has 0 rings (SSSR count). The largest absolute Gasteiger partial charge is 0.424 e. The van der Waals surface area contributed by atoms with Crippen LogP contribution < -0.4 is 0 Å². The molecule has 68 valence electrons. The molecule has 2 N–H and O–H groups in total. The fourth-order valence-electron chi connectivity index (χ4n) is 0.321. The molecule has 0 amide bonds. The lowest BCUT2D eigenvalue weighted by Crippen LogP contribution is -2.13. The highest BCUT2D eigenvalue weighted by molar-refractivity contribution is 8.13. The van der Waals surface area contributed by atoms with E-state index in [-0.39, 0.29) is 0 Å². The van der Waals surface area contributed by atoms with Crippen LogP contribution in [0, 0.1) is 0 Å². The monoisotopic (exact) mass is 190 g/mol. The standard InChI is InChI=1S/C7H10O4S/c1-3-5(8)11-7(10)12-6(9)4-2/h3-6,8-9H,1-2H2/t5-,6-/m0/s1. The van der Waals surface area contributed by atoms with Crippen molar-refractivity contribution in [3.63, 3.8) is 0 Å². The SMILES string of the molecule is C=C[C@@H](O)OC(=O)S[C@H](O)C=C. The minimum absolute atomic E-state index is 0.512. The van der Waals surface area contributed by atoms with Gasteiger partial charge in [0.05, 0.1) is 0 Å². The second-order valence-electron chi connectivity index (χ2n) is 1.74. The molecule has 0 aromatic carbocycles. The molecular weight excluding hydrogens is 180 g/mol. The minimum Gasteiger partial charge on any atom is -0.424 e. The Morgan fingerprint density at radius 3 is 2.42 bits per heavy atom. The molecule has 0 saturated heterocycles. The summed E-state index contributed by atoms with van der Waals surface area (Å²) < 4.78 is 4.33. The number of aliphatic hydroxyl groups is 2. The third-order valence-electron chi connectivity index (χ3n) is 0.837. The van der Waals surface area contributed by atoms with Crippen LogP contribution in [-0.4, -0.2) is 27.2 Å². The summed E-state index contributed by atoms with van der Waals surface area (Å²) in [6.45, 7) is 6.45. The average Bonchev–Trinajstić information content (AvgIpc) is 2.03. The summed E-state index contributed by atoms with van der Waals surface area (Å²) in [5.74, 6) is 0. The number of hydrogen-bond acceptors (Lipinski definition) is 5. The van der Waals surface area contributed by atoms with Gasteiger partial charge in [-0.1, -0.05) is 19.2 Å². The lowest BCUT2D eigenvalue weighted by Gasteiger charge is -2.07. The van der Waals surface area contributed by atoms with Gasteiger partial charge in [0, 0.05) is 0 Å². The molecule has 0 aliphatic heterocycles. The zero-order chi connectivity index (χ0) is 9.56. The molecule has 0 heterocycles. The van der Waals surface area contributed by atoms with E-state index in [0.29, 0.717) is 11.8 Å². The summed E-state index contributed by atoms with van der Waals surface area (Å²) >= 11 is 0.512. The summed E-state index contributed by atoms with van der Waals surface area (Å²) in [7, 11) is 0. The Morgan fingerprint density at radius 1 is 1.42 bits per heavy atom. The van der Waals surface area contributed by atoms with Crippen LogP contribution in [0.2, 0.25) is 0 Å². The number of carbonyl (C=O) groups is 1. The van der Waals surface area contributed by atoms with Crippen LogP contribution in [0.4, 0.5) is 4.79 Å². The molecule has 0 fully saturated rings. The Labute approximate surface area is 74.5 Å². The van der Waals surface area contributed by atoms with Crippen LogP contribution >= 0.6 is 11.8 Å². The second-order valence-corrected chi connectivity index (χ2v) is 2.79. The fraction of sp³-hybridized carbons (Fsp3) is 0.286. The van der Waals surface area contributed by atoms with Crippen LogP contribution in [0.1, 0.15) is 0 Å². The maximum absolute atomic E-state index is 10.7. The smallest absolute Gasteiger partial charge is 0.372 e. The zero-order valence-corrected chi connectivity index (χ0v) is 7.16. The van der Waals surface area contributed by atoms with Crippen LogP contribution in [0.25, 0.3) is 0 Å². The van der Waals surface area contributed by atoms with E-state index in [0.717, 1.165) is 6.08 Å². The number of aliphatic hydroxyl groups excluding tert-OH is 2. The van der Waals surface area contributed by atoms with Crippen molar-refractivity contribution in [1.29, 1.82) is 0 Å². The average molecular weight is 190 g/mol. The summed E-state index contributed by atoms with van der Waals surface area (Å²) in [5.41, 5.74) is -1.02. The van der Waals surface area contributed by atoms with Crippen molar-refractivity contribution in [2.24, 2.45) is 0 Å². The van der Waals surface area contributed by atoms with Gasteiger partial charge in [0.25, 0.3) is 0 Å². The highest BCUT2D eigenvalue weighted by Gasteiger charge is 2.11. The van der Waals surface area contributed by atoms with Crippen molar-refractivity contribution >= 4 is 17.1 Å². The third-order valence-corrected chi connectivity index (χ3v) is 1.56. The van der Waals surface area contributed by atoms with Crippen LogP contribution in [0.15, 0.2) is 25.3 Å². The van der Waals surface area contributed by atoms with E-state index >= 15 is 0 Å². The molecule has 0 radical (unpaired) electrons. The molecule has 4 nitrogen and oxygen atoms in total. The number of carbonyl (C=O) groups excluding carboxylic acids is 1. The molecule has 0 spiro atoms. The highest BCUT2D eigenvalue weighted by Crippen LogP contribution is 2.13. The summed E-state index contributed by atoms with van der Waals surface area (Å²) in [6.07, 6.45) is 0.896. The summed E-state index contributed by atoms with van der Waals surface area (Å²) in [6, 6.07) is 0. The first-order chi connectivity index (χ1) is 5.60. The van der Waals surface area contributed by atoms with Crippen molar-refractivity contribution < 1.29 is 19.7 Å². The van der Waals surface area contributed by atoms with E-state index in [1.54, 1.807) is 0 Å². The maximum Gasteiger partial charge on any atom is 0.372 e. The van der Waals surface area contributed by atoms with Crippen molar-refractivity contribution in [2.45, 2.75) is 11.7 Å². The maximum atomic E-state index is 10.7. The predicted molar refractivity (Wildman–Crippen MR) is 46.5 cm³/mol. The van der Waals surface area contributed by atoms with Crippen LogP contribution in [0.5, 0.6) is 0 Å². The normalized spacial score (nSPS) is 14.5. The van der Waals surface area contributed by atoms with Crippen molar-refractivity contribution in [1.82, 2.24) is 0 Å². The summed E-state index contributed by atoms with van der Waals surface area (Å²) in [5, 5.41) is 16.8. The van der Waals surface area contributed by atoms with Gasteiger partial charge >= 0.3 is 5.30 Å². The molecule has 0 aromatic rings. The molecule has 0 aliphatic carbocycles. The number of ether oxygens (including phenoxy) is 1. The molecule has 2 atom stereocenters. The van der Waals surface area contributed by atoms with Gasteiger partial charge in [-0.2, -0.15) is 0 Å². The Kier molecular flexibility index (Phi) is 5.44. The van der Waals surface area contributed by atoms with Crippen molar-refractivity contribution in [3.05, 3.63) is 25.3 Å². The number of hydrogen-bond donors (Lipinski definition) is 2. The minimum atomic E-state index is -1.33. The van der Waals surface area contributed by atoms with Gasteiger partial charge < -0.3 is 14.9 Å². The van der Waals surface area contributed by atoms with E-state index in [4.69, 9.17) is 10.2 Å². The fourth-order valence-corrected chi connectivity index (χ4v) is 0.769. The molecular formula is C7H10O4S. The first-order valence-electron chi connectivity index (χ1n) is 3.08. The molecule has 5 heteroatoms. The molecule has 12 heavy (non-hydrogen) atoms. The van der Waals surface area contributed by atoms with Crippen LogP contribution in [-0.2, 0) is 4.74 Å². The van der Waals surface area contributed by atoms with Crippen molar-refractivity contribution in [3.8, 4) is 0 Å². The third kappa shape index (κ3) is 4.95. The van der Waals surface area contributed by atoms with Gasteiger partial charge in [0.2, 0.25) is 6.29 Å². The molecule has 0 unspecified atom stereocenters. The van der Waals surface area contributed by atoms with Crippen molar-refractivity contribution in [2.75, 3.05) is 0 Å². The van der Waals surface area contributed by atoms with E-state index < -0.39 is 17.0 Å². The predicted octanol–water partition coefficient (Wildman–Crippen LogP) is 0.865. The molecule has 0 saturated carbocycles. The number of thioether (sulfide) groups is 1. The molecule has 0 bridgehead atoms. The number of rotatable bonds is 4. The van der Waals surface area contributed by atoms with E-state index in [2.05, 4.69) is 17.9 Å². The van der Waals surface area contributed by atoms with E-state index in [1.165, 1.54) is 6.08 Å². The highest BCUT2D eigenvalue weighted by atomic mass is 32.2. The van der Waals surface area contributed by atoms with Gasteiger partial charge in [0.15, 0.2) is 0 Å². The zero-order valence-electron chi connectivity index (χ0n) is 6.34. The molecule has 0 aromatic heterocycles. The van der Waals surface area contributed by atoms with Gasteiger partial charge in [0.1, 0.15) is 5.44 Å². The van der Waals surface area contributed by atoms with E-state index in [1.807, 2.05) is 0 Å². The molecule has 0 aliphatic rings. The lowest BCUT2D eigenvalue weighted by atomic mass is 10.6. The van der Waals surface area contributed by atoms with E-state index in [9.17, 15) is 4.79 Å². The first kappa shape index (κ1) is 11.2. The van der Waals surface area contributed by atoms with Crippen LogP contribution in [0.3, 0.4) is 0 Å². The quantitative estimate of drug-likeness (QED) is 0.391. The topological polar surface area (TPSA) is 66.8 Å². The Balaban J connectivity index is 3.73. The Morgan fingerprint density at radius 2 is 2.00 bits per heavy atom. The first-order valence-corrected chi connectivity index (χ1v) is 3.96. The summed E-state index contributed by atoms with van der Waals surface area (Å²) in [4.78, 5) is 10.7. The van der Waals surface area contributed by atoms with Gasteiger partial charge in [-0.05, 0) is 17.8 Å². The van der Waals surface area contributed by atoms with Gasteiger partial charge in [-0.25, -0.2) is 4.79 Å². The Bertz CT molecular complexity index is 162. The Hall–Kier alpha value is -0.780. The lowest BCUT2D eigenvalue weighted by molar-refractivity contribution is -0.00329.